The molecule has 0 saturated carbocycles. The topological polar surface area (TPSA) is 32.3 Å². The molecule has 3 rings (SSSR count). The van der Waals surface area contributed by atoms with E-state index in [-0.39, 0.29) is 12.6 Å². The van der Waals surface area contributed by atoms with Gasteiger partial charge in [-0.1, -0.05) is 52.3 Å². The van der Waals surface area contributed by atoms with Gasteiger partial charge in [-0.05, 0) is 46.7 Å². The molecule has 0 aromatic heterocycles. The number of benzene rings is 3. The standard InChI is InChI=1S/C18H16BrNO/c19-16-7-9-17(10-8-16)20-18(12-21)15-6-5-13-3-1-2-4-14(13)11-15/h1-11,18,20-21H,12H2. The molecule has 0 spiro atoms. The van der Waals surface area contributed by atoms with Gasteiger partial charge >= 0.3 is 0 Å². The molecule has 3 aromatic carbocycles. The van der Waals surface area contributed by atoms with Gasteiger partial charge in [0.15, 0.2) is 0 Å². The molecule has 0 amide bonds. The molecule has 0 saturated heterocycles. The fourth-order valence-corrected chi connectivity index (χ4v) is 2.67. The lowest BCUT2D eigenvalue weighted by molar-refractivity contribution is 0.276. The third-order valence-corrected chi connectivity index (χ3v) is 4.07. The molecule has 1 atom stereocenters. The Bertz CT molecular complexity index is 740. The quantitative estimate of drug-likeness (QED) is 0.717. The summed E-state index contributed by atoms with van der Waals surface area (Å²) in [4.78, 5) is 0. The first-order chi connectivity index (χ1) is 10.3. The van der Waals surface area contributed by atoms with Gasteiger partial charge in [0.25, 0.3) is 0 Å². The average Bonchev–Trinajstić information content (AvgIpc) is 2.54. The molecular weight excluding hydrogens is 326 g/mol. The highest BCUT2D eigenvalue weighted by molar-refractivity contribution is 9.10. The lowest BCUT2D eigenvalue weighted by Gasteiger charge is -2.18. The van der Waals surface area contributed by atoms with Crippen LogP contribution >= 0.6 is 15.9 Å². The number of aliphatic hydroxyl groups is 1. The smallest absolute Gasteiger partial charge is 0.0745 e. The van der Waals surface area contributed by atoms with Crippen molar-refractivity contribution < 1.29 is 5.11 Å². The Kier molecular flexibility index (Phi) is 4.23. The molecule has 21 heavy (non-hydrogen) atoms. The number of anilines is 1. The SMILES string of the molecule is OCC(Nc1ccc(Br)cc1)c1ccc2ccccc2c1. The maximum atomic E-state index is 9.70. The minimum absolute atomic E-state index is 0.0500. The Balaban J connectivity index is 1.88. The second-order valence-corrected chi connectivity index (χ2v) is 5.91. The second kappa shape index (κ2) is 6.29. The lowest BCUT2D eigenvalue weighted by atomic mass is 10.0. The van der Waals surface area contributed by atoms with E-state index in [9.17, 15) is 5.11 Å². The Morgan fingerprint density at radius 2 is 1.62 bits per heavy atom. The molecule has 3 heteroatoms. The summed E-state index contributed by atoms with van der Waals surface area (Å²) in [5.74, 6) is 0. The number of nitrogens with one attached hydrogen (secondary N) is 1. The van der Waals surface area contributed by atoms with Gasteiger partial charge in [-0.2, -0.15) is 0 Å². The van der Waals surface area contributed by atoms with E-state index in [1.807, 2.05) is 36.4 Å². The van der Waals surface area contributed by atoms with Crippen LogP contribution < -0.4 is 5.32 Å². The van der Waals surface area contributed by atoms with Gasteiger partial charge in [-0.3, -0.25) is 0 Å². The predicted octanol–water partition coefficient (Wildman–Crippen LogP) is 4.75. The van der Waals surface area contributed by atoms with Crippen LogP contribution in [0.3, 0.4) is 0 Å². The average molecular weight is 342 g/mol. The molecule has 0 heterocycles. The molecule has 0 aliphatic rings. The summed E-state index contributed by atoms with van der Waals surface area (Å²) in [6.45, 7) is 0.0500. The Morgan fingerprint density at radius 1 is 0.905 bits per heavy atom. The molecule has 3 aromatic rings. The van der Waals surface area contributed by atoms with Crippen LogP contribution in [-0.4, -0.2) is 11.7 Å². The fourth-order valence-electron chi connectivity index (χ4n) is 2.41. The maximum Gasteiger partial charge on any atom is 0.0745 e. The third-order valence-electron chi connectivity index (χ3n) is 3.54. The molecule has 2 N–H and O–H groups in total. The fraction of sp³-hybridized carbons (Fsp3) is 0.111. The van der Waals surface area contributed by atoms with Crippen molar-refractivity contribution in [1.29, 1.82) is 0 Å². The Labute approximate surface area is 132 Å². The van der Waals surface area contributed by atoms with E-state index in [2.05, 4.69) is 51.6 Å². The number of aliphatic hydroxyl groups excluding tert-OH is 1. The molecule has 0 aliphatic carbocycles. The van der Waals surface area contributed by atoms with Gasteiger partial charge in [0, 0.05) is 10.2 Å². The van der Waals surface area contributed by atoms with E-state index in [0.29, 0.717) is 0 Å². The Morgan fingerprint density at radius 3 is 2.33 bits per heavy atom. The van der Waals surface area contributed by atoms with E-state index in [1.165, 1.54) is 10.8 Å². The van der Waals surface area contributed by atoms with Crippen LogP contribution in [0.5, 0.6) is 0 Å². The Hall–Kier alpha value is -1.84. The predicted molar refractivity (Wildman–Crippen MR) is 91.5 cm³/mol. The van der Waals surface area contributed by atoms with Crippen LogP contribution in [0.25, 0.3) is 10.8 Å². The summed E-state index contributed by atoms with van der Waals surface area (Å²) in [5, 5.41) is 15.5. The third kappa shape index (κ3) is 3.26. The zero-order valence-electron chi connectivity index (χ0n) is 11.5. The summed E-state index contributed by atoms with van der Waals surface area (Å²) in [7, 11) is 0. The van der Waals surface area contributed by atoms with E-state index < -0.39 is 0 Å². The van der Waals surface area contributed by atoms with Gasteiger partial charge in [0.1, 0.15) is 0 Å². The maximum absolute atomic E-state index is 9.70. The van der Waals surface area contributed by atoms with Crippen molar-refractivity contribution in [1.82, 2.24) is 0 Å². The van der Waals surface area contributed by atoms with Crippen LogP contribution in [0.2, 0.25) is 0 Å². The van der Waals surface area contributed by atoms with Crippen molar-refractivity contribution in [2.45, 2.75) is 6.04 Å². The molecule has 0 radical (unpaired) electrons. The van der Waals surface area contributed by atoms with Gasteiger partial charge in [-0.25, -0.2) is 0 Å². The molecule has 2 nitrogen and oxygen atoms in total. The van der Waals surface area contributed by atoms with Crippen molar-refractivity contribution in [3.05, 3.63) is 76.8 Å². The first-order valence-electron chi connectivity index (χ1n) is 6.88. The first-order valence-corrected chi connectivity index (χ1v) is 7.67. The number of hydrogen-bond acceptors (Lipinski definition) is 2. The lowest BCUT2D eigenvalue weighted by Crippen LogP contribution is -2.14. The zero-order valence-corrected chi connectivity index (χ0v) is 13.0. The second-order valence-electron chi connectivity index (χ2n) is 4.99. The number of fused-ring (bicyclic) bond motifs is 1. The summed E-state index contributed by atoms with van der Waals surface area (Å²) >= 11 is 3.42. The summed E-state index contributed by atoms with van der Waals surface area (Å²) < 4.78 is 1.04. The van der Waals surface area contributed by atoms with Crippen molar-refractivity contribution in [2.75, 3.05) is 11.9 Å². The zero-order chi connectivity index (χ0) is 14.7. The molecular formula is C18H16BrNO. The van der Waals surface area contributed by atoms with Gasteiger partial charge in [0.05, 0.1) is 12.6 Å². The first kappa shape index (κ1) is 14.1. The minimum atomic E-state index is -0.115. The van der Waals surface area contributed by atoms with E-state index in [1.54, 1.807) is 0 Å². The summed E-state index contributed by atoms with van der Waals surface area (Å²) in [5.41, 5.74) is 2.07. The molecule has 106 valence electrons. The van der Waals surface area contributed by atoms with Crippen LogP contribution in [-0.2, 0) is 0 Å². The van der Waals surface area contributed by atoms with Crippen molar-refractivity contribution in [2.24, 2.45) is 0 Å². The van der Waals surface area contributed by atoms with Crippen LogP contribution in [0.1, 0.15) is 11.6 Å². The number of halogens is 1. The van der Waals surface area contributed by atoms with Crippen molar-refractivity contribution in [3.8, 4) is 0 Å². The van der Waals surface area contributed by atoms with Crippen molar-refractivity contribution in [3.63, 3.8) is 0 Å². The highest BCUT2D eigenvalue weighted by Gasteiger charge is 2.10. The summed E-state index contributed by atoms with van der Waals surface area (Å²) in [6, 6.07) is 22.4. The van der Waals surface area contributed by atoms with Crippen LogP contribution in [0.4, 0.5) is 5.69 Å². The van der Waals surface area contributed by atoms with E-state index in [4.69, 9.17) is 0 Å². The molecule has 0 bridgehead atoms. The normalized spacial score (nSPS) is 12.3. The number of hydrogen-bond donors (Lipinski definition) is 2. The van der Waals surface area contributed by atoms with Gasteiger partial charge < -0.3 is 10.4 Å². The van der Waals surface area contributed by atoms with E-state index in [0.717, 1.165) is 15.7 Å². The highest BCUT2D eigenvalue weighted by atomic mass is 79.9. The van der Waals surface area contributed by atoms with Gasteiger partial charge in [0.2, 0.25) is 0 Å². The number of rotatable bonds is 4. The summed E-state index contributed by atoms with van der Waals surface area (Å²) in [6.07, 6.45) is 0. The minimum Gasteiger partial charge on any atom is -0.394 e. The van der Waals surface area contributed by atoms with Crippen LogP contribution in [0.15, 0.2) is 71.2 Å². The molecule has 1 unspecified atom stereocenters. The van der Waals surface area contributed by atoms with Crippen LogP contribution in [0, 0.1) is 0 Å². The van der Waals surface area contributed by atoms with Crippen molar-refractivity contribution >= 4 is 32.4 Å². The largest absolute Gasteiger partial charge is 0.394 e. The highest BCUT2D eigenvalue weighted by Crippen LogP contribution is 2.24. The molecule has 0 fully saturated rings. The van der Waals surface area contributed by atoms with Gasteiger partial charge in [-0.15, -0.1) is 0 Å². The molecule has 0 aliphatic heterocycles. The van der Waals surface area contributed by atoms with E-state index >= 15 is 0 Å². The monoisotopic (exact) mass is 341 g/mol.